The van der Waals surface area contributed by atoms with Gasteiger partial charge in [0.15, 0.2) is 0 Å². The van der Waals surface area contributed by atoms with Gasteiger partial charge in [-0.05, 0) is 35.7 Å². The van der Waals surface area contributed by atoms with E-state index < -0.39 is 22.7 Å². The lowest BCUT2D eigenvalue weighted by Crippen LogP contribution is -2.59. The molecular formula is C16H21NO4. The van der Waals surface area contributed by atoms with Gasteiger partial charge in [0.2, 0.25) is 6.54 Å². The number of fused-ring (bicyclic) bond motifs is 1. The average molecular weight is 291 g/mol. The molecule has 2 rings (SSSR count). The molecule has 1 N–H and O–H groups in total. The normalized spacial score (nSPS) is 32.4. The van der Waals surface area contributed by atoms with Crippen LogP contribution in [0.2, 0.25) is 0 Å². The first-order valence-electron chi connectivity index (χ1n) is 7.13. The van der Waals surface area contributed by atoms with Crippen molar-refractivity contribution in [2.75, 3.05) is 6.54 Å². The second-order valence-corrected chi connectivity index (χ2v) is 7.39. The summed E-state index contributed by atoms with van der Waals surface area (Å²) in [5.41, 5.74) is -0.510. The summed E-state index contributed by atoms with van der Waals surface area (Å²) in [5.74, 6) is 1.07. The molecule has 2 aliphatic rings. The number of hydrogen-bond acceptors (Lipinski definition) is 3. The van der Waals surface area contributed by atoms with Crippen LogP contribution in [-0.4, -0.2) is 22.5 Å². The number of nitro groups is 1. The standard InChI is InChI=1S/C16H21NO4/c1-5-10-6-11-8-16(9-17(20)21,12(11)7-10)13(14(18)19)15(2,3)4/h1,7,11-13H,6,8-9H2,2-4H3,(H,18,19)/t11-,12-,13?,16+/m1/s1. The zero-order chi connectivity index (χ0) is 16.0. The molecule has 0 heterocycles. The molecule has 5 nitrogen and oxygen atoms in total. The van der Waals surface area contributed by atoms with E-state index >= 15 is 0 Å². The average Bonchev–Trinajstić information content (AvgIpc) is 2.63. The van der Waals surface area contributed by atoms with Gasteiger partial charge in [-0.3, -0.25) is 14.9 Å². The molecule has 1 unspecified atom stereocenters. The SMILES string of the molecule is C#CC1=C[C@@H]2[C@H](C1)C[C@@]2(C[N+](=O)[O-])C(C(=O)O)C(C)(C)C. The molecule has 0 spiro atoms. The Kier molecular flexibility index (Phi) is 3.61. The van der Waals surface area contributed by atoms with Gasteiger partial charge in [0.25, 0.3) is 0 Å². The number of nitrogens with zero attached hydrogens (tertiary/aromatic N) is 1. The zero-order valence-corrected chi connectivity index (χ0v) is 12.6. The topological polar surface area (TPSA) is 80.4 Å². The van der Waals surface area contributed by atoms with Crippen LogP contribution in [0, 0.1) is 51.0 Å². The molecule has 0 bridgehead atoms. The maximum atomic E-state index is 11.8. The fourth-order valence-electron chi connectivity index (χ4n) is 4.53. The first kappa shape index (κ1) is 15.6. The predicted octanol–water partition coefficient (Wildman–Crippen LogP) is 2.60. The van der Waals surface area contributed by atoms with E-state index in [1.54, 1.807) is 0 Å². The van der Waals surface area contributed by atoms with Crippen LogP contribution in [-0.2, 0) is 4.79 Å². The highest BCUT2D eigenvalue weighted by atomic mass is 16.6. The van der Waals surface area contributed by atoms with Crippen LogP contribution in [0.3, 0.4) is 0 Å². The van der Waals surface area contributed by atoms with Gasteiger partial charge < -0.3 is 5.11 Å². The summed E-state index contributed by atoms with van der Waals surface area (Å²) >= 11 is 0. The Morgan fingerprint density at radius 1 is 1.67 bits per heavy atom. The first-order chi connectivity index (χ1) is 9.61. The van der Waals surface area contributed by atoms with Crippen molar-refractivity contribution >= 4 is 5.97 Å². The van der Waals surface area contributed by atoms with E-state index in [0.29, 0.717) is 6.42 Å². The van der Waals surface area contributed by atoms with Crippen molar-refractivity contribution in [1.82, 2.24) is 0 Å². The van der Waals surface area contributed by atoms with Crippen LogP contribution in [0.15, 0.2) is 11.6 Å². The molecule has 0 aromatic heterocycles. The molecule has 0 aliphatic heterocycles. The highest BCUT2D eigenvalue weighted by Gasteiger charge is 2.65. The zero-order valence-electron chi connectivity index (χ0n) is 12.6. The Hall–Kier alpha value is -1.83. The molecule has 0 radical (unpaired) electrons. The van der Waals surface area contributed by atoms with Gasteiger partial charge in [-0.2, -0.15) is 0 Å². The summed E-state index contributed by atoms with van der Waals surface area (Å²) in [6.45, 7) is 5.20. The van der Waals surface area contributed by atoms with Crippen molar-refractivity contribution in [3.05, 3.63) is 21.8 Å². The summed E-state index contributed by atoms with van der Waals surface area (Å²) < 4.78 is 0. The number of aliphatic carboxylic acids is 1. The molecule has 2 aliphatic carbocycles. The van der Waals surface area contributed by atoms with Crippen LogP contribution in [0.1, 0.15) is 33.6 Å². The van der Waals surface area contributed by atoms with Gasteiger partial charge in [0.1, 0.15) is 0 Å². The van der Waals surface area contributed by atoms with Gasteiger partial charge in [0.05, 0.1) is 11.3 Å². The first-order valence-corrected chi connectivity index (χ1v) is 7.13. The smallest absolute Gasteiger partial charge is 0.307 e. The van der Waals surface area contributed by atoms with E-state index in [-0.39, 0.29) is 23.3 Å². The van der Waals surface area contributed by atoms with Gasteiger partial charge in [-0.15, -0.1) is 6.42 Å². The summed E-state index contributed by atoms with van der Waals surface area (Å²) in [6, 6.07) is 0. The minimum atomic E-state index is -0.953. The third-order valence-corrected chi connectivity index (χ3v) is 4.97. The number of carboxylic acid groups (broad SMARTS) is 1. The monoisotopic (exact) mass is 291 g/mol. The van der Waals surface area contributed by atoms with E-state index in [1.165, 1.54) is 0 Å². The third-order valence-electron chi connectivity index (χ3n) is 4.97. The second-order valence-electron chi connectivity index (χ2n) is 7.39. The molecular weight excluding hydrogens is 270 g/mol. The molecule has 1 fully saturated rings. The Morgan fingerprint density at radius 2 is 2.29 bits per heavy atom. The molecule has 0 aromatic carbocycles. The Labute approximate surface area is 124 Å². The van der Waals surface area contributed by atoms with E-state index in [0.717, 1.165) is 12.0 Å². The van der Waals surface area contributed by atoms with Crippen molar-refractivity contribution in [2.24, 2.45) is 28.6 Å². The van der Waals surface area contributed by atoms with E-state index in [9.17, 15) is 20.0 Å². The number of allylic oxidation sites excluding steroid dienone is 2. The number of hydrogen-bond donors (Lipinski definition) is 1. The number of terminal acetylenes is 1. The molecule has 4 atom stereocenters. The lowest BCUT2D eigenvalue weighted by Gasteiger charge is -2.55. The summed E-state index contributed by atoms with van der Waals surface area (Å²) in [5, 5.41) is 20.8. The van der Waals surface area contributed by atoms with Crippen LogP contribution in [0.4, 0.5) is 0 Å². The fourth-order valence-corrected chi connectivity index (χ4v) is 4.53. The lowest BCUT2D eigenvalue weighted by molar-refractivity contribution is -0.510. The van der Waals surface area contributed by atoms with Gasteiger partial charge >= 0.3 is 5.97 Å². The number of carboxylic acids is 1. The fraction of sp³-hybridized carbons (Fsp3) is 0.688. The molecule has 114 valence electrons. The van der Waals surface area contributed by atoms with Gasteiger partial charge in [-0.1, -0.05) is 32.8 Å². The molecule has 0 aromatic rings. The van der Waals surface area contributed by atoms with Crippen LogP contribution < -0.4 is 0 Å². The molecule has 0 saturated heterocycles. The highest BCUT2D eigenvalue weighted by molar-refractivity contribution is 5.72. The summed E-state index contributed by atoms with van der Waals surface area (Å²) in [4.78, 5) is 22.6. The van der Waals surface area contributed by atoms with Crippen molar-refractivity contribution in [3.63, 3.8) is 0 Å². The summed E-state index contributed by atoms with van der Waals surface area (Å²) in [6.07, 6.45) is 8.64. The lowest BCUT2D eigenvalue weighted by atomic mass is 9.46. The van der Waals surface area contributed by atoms with Crippen molar-refractivity contribution in [2.45, 2.75) is 33.6 Å². The Morgan fingerprint density at radius 3 is 2.71 bits per heavy atom. The van der Waals surface area contributed by atoms with Crippen molar-refractivity contribution in [3.8, 4) is 12.3 Å². The molecule has 21 heavy (non-hydrogen) atoms. The molecule has 5 heteroatoms. The largest absolute Gasteiger partial charge is 0.481 e. The molecule has 1 saturated carbocycles. The minimum Gasteiger partial charge on any atom is -0.481 e. The predicted molar refractivity (Wildman–Crippen MR) is 78.0 cm³/mol. The van der Waals surface area contributed by atoms with E-state index in [4.69, 9.17) is 6.42 Å². The van der Waals surface area contributed by atoms with Crippen molar-refractivity contribution < 1.29 is 14.8 Å². The molecule has 0 amide bonds. The maximum Gasteiger partial charge on any atom is 0.307 e. The number of rotatable bonds is 4. The van der Waals surface area contributed by atoms with E-state index in [2.05, 4.69) is 5.92 Å². The minimum absolute atomic E-state index is 0.0886. The Bertz CT molecular complexity index is 552. The summed E-state index contributed by atoms with van der Waals surface area (Å²) in [7, 11) is 0. The van der Waals surface area contributed by atoms with E-state index in [1.807, 2.05) is 26.8 Å². The van der Waals surface area contributed by atoms with Crippen LogP contribution >= 0.6 is 0 Å². The third kappa shape index (κ3) is 2.44. The van der Waals surface area contributed by atoms with Crippen LogP contribution in [0.25, 0.3) is 0 Å². The quantitative estimate of drug-likeness (QED) is 0.490. The number of carbonyl (C=O) groups is 1. The Balaban J connectivity index is 2.45. The highest BCUT2D eigenvalue weighted by Crippen LogP contribution is 2.64. The van der Waals surface area contributed by atoms with Crippen LogP contribution in [0.5, 0.6) is 0 Å². The van der Waals surface area contributed by atoms with Gasteiger partial charge in [-0.25, -0.2) is 0 Å². The van der Waals surface area contributed by atoms with Gasteiger partial charge in [0, 0.05) is 4.92 Å². The second kappa shape index (κ2) is 4.87. The van der Waals surface area contributed by atoms with Crippen molar-refractivity contribution in [1.29, 1.82) is 0 Å². The maximum absolute atomic E-state index is 11.8.